The maximum atomic E-state index is 12.4. The molecule has 3 atom stereocenters. The number of hydrogen-bond acceptors (Lipinski definition) is 4. The second kappa shape index (κ2) is 7.21. The molecule has 1 aliphatic carbocycles. The van der Waals surface area contributed by atoms with E-state index in [4.69, 9.17) is 9.47 Å². The van der Waals surface area contributed by atoms with Gasteiger partial charge >= 0.3 is 0 Å². The van der Waals surface area contributed by atoms with Crippen LogP contribution in [0.3, 0.4) is 0 Å². The molecule has 1 heterocycles. The van der Waals surface area contributed by atoms with Gasteiger partial charge in [-0.3, -0.25) is 4.79 Å². The first kappa shape index (κ1) is 16.1. The molecule has 0 aromatic heterocycles. The van der Waals surface area contributed by atoms with Crippen LogP contribution in [0, 0.1) is 5.92 Å². The van der Waals surface area contributed by atoms with Gasteiger partial charge in [0.1, 0.15) is 6.10 Å². The summed E-state index contributed by atoms with van der Waals surface area (Å²) in [5.74, 6) is 1.30. The first-order valence-electron chi connectivity index (χ1n) is 8.53. The summed E-state index contributed by atoms with van der Waals surface area (Å²) in [6.07, 6.45) is 4.14. The maximum Gasteiger partial charge on any atom is 0.265 e. The summed E-state index contributed by atoms with van der Waals surface area (Å²) in [7, 11) is 0. The van der Waals surface area contributed by atoms with E-state index in [1.807, 2.05) is 25.1 Å². The number of fused-ring (bicyclic) bond motifs is 1. The Labute approximate surface area is 137 Å². The van der Waals surface area contributed by atoms with Crippen LogP contribution in [0.25, 0.3) is 0 Å². The van der Waals surface area contributed by atoms with Crippen molar-refractivity contribution >= 4 is 5.91 Å². The van der Waals surface area contributed by atoms with Gasteiger partial charge in [0.25, 0.3) is 5.91 Å². The van der Waals surface area contributed by atoms with Gasteiger partial charge in [-0.15, -0.1) is 0 Å². The van der Waals surface area contributed by atoms with Gasteiger partial charge in [0.05, 0.1) is 6.10 Å². The minimum Gasteiger partial charge on any atom is -0.482 e. The van der Waals surface area contributed by atoms with Crippen molar-refractivity contribution < 1.29 is 19.4 Å². The molecule has 126 valence electrons. The normalized spacial score (nSPS) is 25.7. The van der Waals surface area contributed by atoms with Crippen LogP contribution in [0.1, 0.15) is 39.0 Å². The second-order valence-corrected chi connectivity index (χ2v) is 6.52. The fourth-order valence-corrected chi connectivity index (χ4v) is 3.40. The van der Waals surface area contributed by atoms with Crippen molar-refractivity contribution in [3.05, 3.63) is 24.3 Å². The molecule has 1 aromatic carbocycles. The topological polar surface area (TPSA) is 67.8 Å². The fourth-order valence-electron chi connectivity index (χ4n) is 3.40. The Balaban J connectivity index is 1.54. The van der Waals surface area contributed by atoms with Crippen LogP contribution in [0.15, 0.2) is 24.3 Å². The molecule has 0 spiro atoms. The second-order valence-electron chi connectivity index (χ2n) is 6.52. The number of hydrogen-bond donors (Lipinski definition) is 2. The van der Waals surface area contributed by atoms with Gasteiger partial charge in [-0.1, -0.05) is 31.4 Å². The van der Waals surface area contributed by atoms with Crippen LogP contribution in [0.2, 0.25) is 0 Å². The van der Waals surface area contributed by atoms with E-state index in [-0.39, 0.29) is 18.6 Å². The third-order valence-electron chi connectivity index (χ3n) is 4.78. The predicted molar refractivity (Wildman–Crippen MR) is 86.5 cm³/mol. The number of nitrogens with one attached hydrogen (secondary N) is 1. The molecule has 1 aliphatic heterocycles. The molecule has 1 saturated carbocycles. The molecule has 0 radical (unpaired) electrons. The summed E-state index contributed by atoms with van der Waals surface area (Å²) in [6, 6.07) is 7.33. The van der Waals surface area contributed by atoms with Crippen LogP contribution in [0.5, 0.6) is 11.5 Å². The summed E-state index contributed by atoms with van der Waals surface area (Å²) in [4.78, 5) is 12.4. The largest absolute Gasteiger partial charge is 0.482 e. The first-order valence-corrected chi connectivity index (χ1v) is 8.53. The quantitative estimate of drug-likeness (QED) is 0.893. The maximum absolute atomic E-state index is 12.4. The Morgan fingerprint density at radius 2 is 1.87 bits per heavy atom. The van der Waals surface area contributed by atoms with Crippen molar-refractivity contribution in [3.8, 4) is 11.5 Å². The zero-order chi connectivity index (χ0) is 16.2. The summed E-state index contributed by atoms with van der Waals surface area (Å²) in [5.41, 5.74) is 0. The number of ether oxygens (including phenoxy) is 2. The lowest BCUT2D eigenvalue weighted by Crippen LogP contribution is -2.51. The van der Waals surface area contributed by atoms with Gasteiger partial charge in [0.15, 0.2) is 11.5 Å². The minimum atomic E-state index is -0.691. The lowest BCUT2D eigenvalue weighted by atomic mass is 9.85. The molecule has 0 saturated heterocycles. The van der Waals surface area contributed by atoms with Crippen molar-refractivity contribution in [2.45, 2.75) is 57.3 Å². The number of amides is 1. The van der Waals surface area contributed by atoms with E-state index in [0.29, 0.717) is 17.4 Å². The van der Waals surface area contributed by atoms with Crippen LogP contribution >= 0.6 is 0 Å². The van der Waals surface area contributed by atoms with Gasteiger partial charge in [-0.25, -0.2) is 0 Å². The molecular weight excluding hydrogens is 294 g/mol. The average Bonchev–Trinajstić information content (AvgIpc) is 2.59. The summed E-state index contributed by atoms with van der Waals surface area (Å²) in [5, 5.41) is 13.1. The Hall–Kier alpha value is -1.75. The van der Waals surface area contributed by atoms with E-state index in [1.165, 1.54) is 19.3 Å². The molecule has 23 heavy (non-hydrogen) atoms. The standard InChI is InChI=1S/C18H25NO4/c1-12-17(23-16-10-6-5-9-15(16)22-12)18(21)19-11-14(20)13-7-3-2-4-8-13/h5-6,9-10,12-14,17,20H,2-4,7-8,11H2,1H3,(H,19,21)/t12-,14-,17+/m0/s1. The molecule has 0 bridgehead atoms. The third-order valence-corrected chi connectivity index (χ3v) is 4.78. The number of benzene rings is 1. The first-order chi connectivity index (χ1) is 11.1. The highest BCUT2D eigenvalue weighted by Gasteiger charge is 2.34. The van der Waals surface area contributed by atoms with E-state index in [0.717, 1.165) is 12.8 Å². The lowest BCUT2D eigenvalue weighted by molar-refractivity contribution is -0.134. The highest BCUT2D eigenvalue weighted by atomic mass is 16.6. The minimum absolute atomic E-state index is 0.234. The molecule has 2 N–H and O–H groups in total. The molecule has 3 rings (SSSR count). The zero-order valence-corrected chi connectivity index (χ0v) is 13.5. The summed E-state index contributed by atoms with van der Waals surface area (Å²) in [6.45, 7) is 2.09. The Bertz CT molecular complexity index is 542. The van der Waals surface area contributed by atoms with Crippen LogP contribution in [0.4, 0.5) is 0 Å². The molecule has 1 fully saturated rings. The van der Waals surface area contributed by atoms with Crippen molar-refractivity contribution in [1.29, 1.82) is 0 Å². The van der Waals surface area contributed by atoms with Gasteiger partial charge in [-0.2, -0.15) is 0 Å². The van der Waals surface area contributed by atoms with Crippen LogP contribution in [-0.2, 0) is 4.79 Å². The average molecular weight is 319 g/mol. The molecule has 5 nitrogen and oxygen atoms in total. The van der Waals surface area contributed by atoms with Crippen molar-refractivity contribution in [2.24, 2.45) is 5.92 Å². The number of para-hydroxylation sites is 2. The Morgan fingerprint density at radius 3 is 2.57 bits per heavy atom. The monoisotopic (exact) mass is 319 g/mol. The molecule has 0 unspecified atom stereocenters. The van der Waals surface area contributed by atoms with Crippen molar-refractivity contribution in [2.75, 3.05) is 6.54 Å². The van der Waals surface area contributed by atoms with Crippen LogP contribution < -0.4 is 14.8 Å². The highest BCUT2D eigenvalue weighted by Crippen LogP contribution is 2.33. The van der Waals surface area contributed by atoms with E-state index in [2.05, 4.69) is 5.32 Å². The summed E-state index contributed by atoms with van der Waals surface area (Å²) < 4.78 is 11.5. The SMILES string of the molecule is C[C@@H]1Oc2ccccc2O[C@H]1C(=O)NC[C@H](O)C1CCCCC1. The van der Waals surface area contributed by atoms with E-state index >= 15 is 0 Å². The van der Waals surface area contributed by atoms with Gasteiger partial charge in [0.2, 0.25) is 6.10 Å². The van der Waals surface area contributed by atoms with Gasteiger partial charge < -0.3 is 19.9 Å². The van der Waals surface area contributed by atoms with Crippen molar-refractivity contribution in [1.82, 2.24) is 5.32 Å². The van der Waals surface area contributed by atoms with Gasteiger partial charge in [-0.05, 0) is 37.8 Å². The molecular formula is C18H25NO4. The van der Waals surface area contributed by atoms with Crippen molar-refractivity contribution in [3.63, 3.8) is 0 Å². The smallest absolute Gasteiger partial charge is 0.265 e. The molecule has 5 heteroatoms. The number of aliphatic hydroxyl groups excluding tert-OH is 1. The third kappa shape index (κ3) is 3.78. The van der Waals surface area contributed by atoms with Crippen LogP contribution in [-0.4, -0.2) is 35.9 Å². The number of rotatable bonds is 4. The number of carbonyl (C=O) groups is 1. The molecule has 1 aromatic rings. The molecule has 1 amide bonds. The molecule has 2 aliphatic rings. The number of carbonyl (C=O) groups excluding carboxylic acids is 1. The zero-order valence-electron chi connectivity index (χ0n) is 13.5. The fraction of sp³-hybridized carbons (Fsp3) is 0.611. The van der Waals surface area contributed by atoms with E-state index < -0.39 is 12.2 Å². The number of aliphatic hydroxyl groups is 1. The van der Waals surface area contributed by atoms with Gasteiger partial charge in [0, 0.05) is 6.54 Å². The van der Waals surface area contributed by atoms with E-state index in [1.54, 1.807) is 6.07 Å². The lowest BCUT2D eigenvalue weighted by Gasteiger charge is -2.32. The predicted octanol–water partition coefficient (Wildman–Crippen LogP) is 2.27. The Kier molecular flexibility index (Phi) is 5.06. The highest BCUT2D eigenvalue weighted by molar-refractivity contribution is 5.82. The summed E-state index contributed by atoms with van der Waals surface area (Å²) >= 11 is 0. The van der Waals surface area contributed by atoms with E-state index in [9.17, 15) is 9.90 Å². The Morgan fingerprint density at radius 1 is 1.22 bits per heavy atom.